The summed E-state index contributed by atoms with van der Waals surface area (Å²) in [6, 6.07) is 5.01. The molecule has 1 aromatic carbocycles. The summed E-state index contributed by atoms with van der Waals surface area (Å²) >= 11 is 0. The van der Waals surface area contributed by atoms with Crippen LogP contribution in [0.25, 0.3) is 0 Å². The van der Waals surface area contributed by atoms with Gasteiger partial charge in [-0.1, -0.05) is 6.07 Å². The number of rotatable bonds is 2. The SMILES string of the molecule is CONC(=O)Nc1cccc(F)c1. The van der Waals surface area contributed by atoms with E-state index < -0.39 is 11.8 Å². The summed E-state index contributed by atoms with van der Waals surface area (Å²) in [5.74, 6) is -0.407. The molecular weight excluding hydrogens is 175 g/mol. The smallest absolute Gasteiger partial charge is 0.306 e. The Balaban J connectivity index is 2.58. The fraction of sp³-hybridized carbons (Fsp3) is 0.125. The molecule has 0 fully saturated rings. The molecule has 4 nitrogen and oxygen atoms in total. The molecule has 2 amide bonds. The van der Waals surface area contributed by atoms with E-state index in [9.17, 15) is 9.18 Å². The maximum atomic E-state index is 12.6. The fourth-order valence-electron chi connectivity index (χ4n) is 0.816. The van der Waals surface area contributed by atoms with Crippen molar-refractivity contribution >= 4 is 11.7 Å². The molecule has 70 valence electrons. The van der Waals surface area contributed by atoms with Crippen LogP contribution in [-0.4, -0.2) is 13.1 Å². The molecule has 2 N–H and O–H groups in total. The van der Waals surface area contributed by atoms with Crippen molar-refractivity contribution in [1.29, 1.82) is 0 Å². The molecular formula is C8H9FN2O2. The quantitative estimate of drug-likeness (QED) is 0.684. The van der Waals surface area contributed by atoms with Gasteiger partial charge in [-0.15, -0.1) is 0 Å². The second-order valence-corrected chi connectivity index (χ2v) is 2.27. The molecule has 0 atom stereocenters. The van der Waals surface area contributed by atoms with E-state index >= 15 is 0 Å². The Morgan fingerprint density at radius 2 is 2.31 bits per heavy atom. The number of benzene rings is 1. The van der Waals surface area contributed by atoms with Gasteiger partial charge in [0, 0.05) is 5.69 Å². The van der Waals surface area contributed by atoms with Gasteiger partial charge in [0.1, 0.15) is 5.82 Å². The molecule has 0 heterocycles. The summed E-state index contributed by atoms with van der Waals surface area (Å²) in [7, 11) is 1.31. The Morgan fingerprint density at radius 3 is 2.92 bits per heavy atom. The van der Waals surface area contributed by atoms with Gasteiger partial charge in [0.15, 0.2) is 0 Å². The predicted molar refractivity (Wildman–Crippen MR) is 45.6 cm³/mol. The van der Waals surface area contributed by atoms with Crippen molar-refractivity contribution in [3.05, 3.63) is 30.1 Å². The average molecular weight is 184 g/mol. The standard InChI is InChI=1S/C8H9FN2O2/c1-13-11-8(12)10-7-4-2-3-6(9)5-7/h2-5H,1H3,(H2,10,11,12). The van der Waals surface area contributed by atoms with Crippen LogP contribution in [-0.2, 0) is 4.84 Å². The second-order valence-electron chi connectivity index (χ2n) is 2.27. The van der Waals surface area contributed by atoms with Gasteiger partial charge in [0.25, 0.3) is 0 Å². The van der Waals surface area contributed by atoms with E-state index in [1.807, 2.05) is 5.48 Å². The van der Waals surface area contributed by atoms with Gasteiger partial charge in [0.05, 0.1) is 7.11 Å². The van der Waals surface area contributed by atoms with Crippen LogP contribution in [0.3, 0.4) is 0 Å². The summed E-state index contributed by atoms with van der Waals surface area (Å²) in [5, 5.41) is 2.37. The number of urea groups is 1. The molecule has 0 spiro atoms. The third-order valence-electron chi connectivity index (χ3n) is 1.28. The number of hydrogen-bond donors (Lipinski definition) is 2. The Labute approximate surface area is 74.7 Å². The van der Waals surface area contributed by atoms with Crippen molar-refractivity contribution in [1.82, 2.24) is 5.48 Å². The first kappa shape index (κ1) is 9.47. The number of amides is 2. The van der Waals surface area contributed by atoms with E-state index in [1.54, 1.807) is 6.07 Å². The van der Waals surface area contributed by atoms with Crippen LogP contribution in [0.15, 0.2) is 24.3 Å². The van der Waals surface area contributed by atoms with E-state index in [0.717, 1.165) is 0 Å². The van der Waals surface area contributed by atoms with Gasteiger partial charge in [-0.3, -0.25) is 4.84 Å². The normalized spacial score (nSPS) is 9.38. The first-order chi connectivity index (χ1) is 6.22. The van der Waals surface area contributed by atoms with Crippen LogP contribution in [0, 0.1) is 5.82 Å². The van der Waals surface area contributed by atoms with Crippen LogP contribution in [0.4, 0.5) is 14.9 Å². The molecule has 0 bridgehead atoms. The maximum Gasteiger partial charge on any atom is 0.343 e. The monoisotopic (exact) mass is 184 g/mol. The molecule has 1 aromatic rings. The zero-order valence-electron chi connectivity index (χ0n) is 7.00. The van der Waals surface area contributed by atoms with Crippen LogP contribution in [0.1, 0.15) is 0 Å². The summed E-state index contributed by atoms with van der Waals surface area (Å²) < 4.78 is 12.6. The molecule has 0 radical (unpaired) electrons. The summed E-state index contributed by atoms with van der Waals surface area (Å²) in [6.07, 6.45) is 0. The lowest BCUT2D eigenvalue weighted by Crippen LogP contribution is -2.27. The molecule has 1 rings (SSSR count). The summed E-state index contributed by atoms with van der Waals surface area (Å²) in [5.41, 5.74) is 2.41. The minimum absolute atomic E-state index is 0.370. The Morgan fingerprint density at radius 1 is 1.54 bits per heavy atom. The van der Waals surface area contributed by atoms with Crippen molar-refractivity contribution in [3.8, 4) is 0 Å². The van der Waals surface area contributed by atoms with Gasteiger partial charge in [-0.25, -0.2) is 14.7 Å². The van der Waals surface area contributed by atoms with E-state index in [4.69, 9.17) is 0 Å². The summed E-state index contributed by atoms with van der Waals surface area (Å²) in [6.45, 7) is 0. The van der Waals surface area contributed by atoms with Crippen LogP contribution in [0.2, 0.25) is 0 Å². The number of nitrogens with one attached hydrogen (secondary N) is 2. The molecule has 0 unspecified atom stereocenters. The maximum absolute atomic E-state index is 12.6. The molecule has 0 saturated carbocycles. The van der Waals surface area contributed by atoms with Crippen molar-refractivity contribution in [3.63, 3.8) is 0 Å². The van der Waals surface area contributed by atoms with Crippen molar-refractivity contribution in [2.24, 2.45) is 0 Å². The Kier molecular flexibility index (Phi) is 3.22. The predicted octanol–water partition coefficient (Wildman–Crippen LogP) is 1.51. The Hall–Kier alpha value is -1.62. The lowest BCUT2D eigenvalue weighted by atomic mass is 10.3. The minimum atomic E-state index is -0.548. The lowest BCUT2D eigenvalue weighted by molar-refractivity contribution is 0.114. The molecule has 0 aromatic heterocycles. The highest BCUT2D eigenvalue weighted by Gasteiger charge is 2.00. The van der Waals surface area contributed by atoms with Gasteiger partial charge in [-0.2, -0.15) is 0 Å². The highest BCUT2D eigenvalue weighted by Crippen LogP contribution is 2.08. The van der Waals surface area contributed by atoms with Crippen LogP contribution in [0.5, 0.6) is 0 Å². The number of carbonyl (C=O) groups is 1. The number of halogens is 1. The molecule has 0 aliphatic heterocycles. The average Bonchev–Trinajstić information content (AvgIpc) is 2.04. The van der Waals surface area contributed by atoms with Crippen LogP contribution < -0.4 is 10.8 Å². The largest absolute Gasteiger partial charge is 0.343 e. The molecule has 0 saturated heterocycles. The number of hydroxylamine groups is 1. The second kappa shape index (κ2) is 4.42. The van der Waals surface area contributed by atoms with Gasteiger partial charge in [0.2, 0.25) is 0 Å². The topological polar surface area (TPSA) is 50.4 Å². The van der Waals surface area contributed by atoms with E-state index in [0.29, 0.717) is 5.69 Å². The van der Waals surface area contributed by atoms with E-state index in [-0.39, 0.29) is 0 Å². The van der Waals surface area contributed by atoms with Gasteiger partial charge in [-0.05, 0) is 18.2 Å². The lowest BCUT2D eigenvalue weighted by Gasteiger charge is -2.04. The van der Waals surface area contributed by atoms with Crippen molar-refractivity contribution < 1.29 is 14.0 Å². The number of hydrogen-bond acceptors (Lipinski definition) is 2. The fourth-order valence-corrected chi connectivity index (χ4v) is 0.816. The van der Waals surface area contributed by atoms with Crippen molar-refractivity contribution in [2.45, 2.75) is 0 Å². The number of anilines is 1. The minimum Gasteiger partial charge on any atom is -0.306 e. The van der Waals surface area contributed by atoms with E-state index in [2.05, 4.69) is 10.2 Å². The first-order valence-corrected chi connectivity index (χ1v) is 3.58. The van der Waals surface area contributed by atoms with Crippen LogP contribution >= 0.6 is 0 Å². The molecule has 13 heavy (non-hydrogen) atoms. The molecule has 5 heteroatoms. The highest BCUT2D eigenvalue weighted by molar-refractivity contribution is 5.88. The zero-order valence-corrected chi connectivity index (χ0v) is 7.00. The summed E-state index contributed by atoms with van der Waals surface area (Å²) in [4.78, 5) is 15.2. The Bertz CT molecular complexity index is 304. The van der Waals surface area contributed by atoms with Gasteiger partial charge >= 0.3 is 6.03 Å². The van der Waals surface area contributed by atoms with Crippen molar-refractivity contribution in [2.75, 3.05) is 12.4 Å². The van der Waals surface area contributed by atoms with E-state index in [1.165, 1.54) is 25.3 Å². The third kappa shape index (κ3) is 3.08. The molecule has 0 aliphatic carbocycles. The zero-order chi connectivity index (χ0) is 9.68. The molecule has 0 aliphatic rings. The number of carbonyl (C=O) groups excluding carboxylic acids is 1. The highest BCUT2D eigenvalue weighted by atomic mass is 19.1. The first-order valence-electron chi connectivity index (χ1n) is 3.58. The third-order valence-corrected chi connectivity index (χ3v) is 1.28. The van der Waals surface area contributed by atoms with Gasteiger partial charge < -0.3 is 5.32 Å².